The largest absolute Gasteiger partial charge is 0.398 e. The molecule has 0 aliphatic heterocycles. The summed E-state index contributed by atoms with van der Waals surface area (Å²) in [6.45, 7) is 6.93. The van der Waals surface area contributed by atoms with Crippen LogP contribution in [0.4, 0.5) is 5.69 Å². The Morgan fingerprint density at radius 1 is 1.37 bits per heavy atom. The minimum Gasteiger partial charge on any atom is -0.398 e. The molecule has 1 heterocycles. The SMILES string of the molecule is Cc1sc(C(=O)NCCC(=O)NCC(C)C)cc1N. The normalized spacial score (nSPS) is 10.5. The van der Waals surface area contributed by atoms with Crippen LogP contribution in [-0.2, 0) is 4.79 Å². The summed E-state index contributed by atoms with van der Waals surface area (Å²) in [7, 11) is 0. The first kappa shape index (κ1) is 15.5. The van der Waals surface area contributed by atoms with Gasteiger partial charge in [-0.25, -0.2) is 0 Å². The maximum atomic E-state index is 11.8. The predicted molar refractivity (Wildman–Crippen MR) is 78.3 cm³/mol. The van der Waals surface area contributed by atoms with Crippen LogP contribution >= 0.6 is 11.3 Å². The molecule has 1 aromatic rings. The van der Waals surface area contributed by atoms with E-state index in [9.17, 15) is 9.59 Å². The lowest BCUT2D eigenvalue weighted by molar-refractivity contribution is -0.121. The lowest BCUT2D eigenvalue weighted by Gasteiger charge is -2.07. The molecule has 0 aliphatic rings. The van der Waals surface area contributed by atoms with Gasteiger partial charge < -0.3 is 16.4 Å². The number of amides is 2. The highest BCUT2D eigenvalue weighted by Crippen LogP contribution is 2.22. The molecular formula is C13H21N3O2S. The number of thiophene rings is 1. The van der Waals surface area contributed by atoms with Crippen molar-refractivity contribution in [2.45, 2.75) is 27.2 Å². The molecule has 6 heteroatoms. The van der Waals surface area contributed by atoms with Crippen molar-refractivity contribution in [3.8, 4) is 0 Å². The summed E-state index contributed by atoms with van der Waals surface area (Å²) in [5, 5.41) is 5.51. The zero-order chi connectivity index (χ0) is 14.4. The number of nitrogens with two attached hydrogens (primary N) is 1. The summed E-state index contributed by atoms with van der Waals surface area (Å²) in [5.74, 6) is 0.202. The summed E-state index contributed by atoms with van der Waals surface area (Å²) in [6, 6.07) is 1.66. The van der Waals surface area contributed by atoms with Crippen LogP contribution < -0.4 is 16.4 Å². The number of nitrogens with one attached hydrogen (secondary N) is 2. The summed E-state index contributed by atoms with van der Waals surface area (Å²) in [5.41, 5.74) is 6.32. The number of aryl methyl sites for hydroxylation is 1. The van der Waals surface area contributed by atoms with Crippen molar-refractivity contribution < 1.29 is 9.59 Å². The fourth-order valence-corrected chi connectivity index (χ4v) is 2.25. The highest BCUT2D eigenvalue weighted by Gasteiger charge is 2.11. The van der Waals surface area contributed by atoms with Crippen molar-refractivity contribution in [3.63, 3.8) is 0 Å². The van der Waals surface area contributed by atoms with Crippen LogP contribution in [-0.4, -0.2) is 24.9 Å². The van der Waals surface area contributed by atoms with Gasteiger partial charge >= 0.3 is 0 Å². The first-order chi connectivity index (χ1) is 8.90. The molecule has 1 aromatic heterocycles. The van der Waals surface area contributed by atoms with E-state index < -0.39 is 0 Å². The summed E-state index contributed by atoms with van der Waals surface area (Å²) in [4.78, 5) is 24.7. The van der Waals surface area contributed by atoms with Gasteiger partial charge in [-0.3, -0.25) is 9.59 Å². The molecular weight excluding hydrogens is 262 g/mol. The molecule has 0 fully saturated rings. The average Bonchev–Trinajstić information content (AvgIpc) is 2.67. The smallest absolute Gasteiger partial charge is 0.261 e. The molecule has 19 heavy (non-hydrogen) atoms. The highest BCUT2D eigenvalue weighted by atomic mass is 32.1. The molecule has 0 bridgehead atoms. The second-order valence-corrected chi connectivity index (χ2v) is 6.08. The van der Waals surface area contributed by atoms with Crippen molar-refractivity contribution in [2.24, 2.45) is 5.92 Å². The van der Waals surface area contributed by atoms with Gasteiger partial charge in [0.15, 0.2) is 0 Å². The zero-order valence-electron chi connectivity index (χ0n) is 11.6. The first-order valence-electron chi connectivity index (χ1n) is 6.31. The summed E-state index contributed by atoms with van der Waals surface area (Å²) >= 11 is 1.36. The van der Waals surface area contributed by atoms with E-state index in [2.05, 4.69) is 10.6 Å². The zero-order valence-corrected chi connectivity index (χ0v) is 12.4. The van der Waals surface area contributed by atoms with Crippen LogP contribution in [0.1, 0.15) is 34.8 Å². The van der Waals surface area contributed by atoms with Crippen molar-refractivity contribution in [1.82, 2.24) is 10.6 Å². The molecule has 4 N–H and O–H groups in total. The van der Waals surface area contributed by atoms with Gasteiger partial charge in [-0.1, -0.05) is 13.8 Å². The topological polar surface area (TPSA) is 84.2 Å². The maximum Gasteiger partial charge on any atom is 0.261 e. The van der Waals surface area contributed by atoms with Gasteiger partial charge in [-0.2, -0.15) is 0 Å². The Labute approximate surface area is 117 Å². The van der Waals surface area contributed by atoms with Crippen molar-refractivity contribution in [1.29, 1.82) is 0 Å². The second-order valence-electron chi connectivity index (χ2n) is 4.83. The second kappa shape index (κ2) is 7.13. The van der Waals surface area contributed by atoms with Crippen LogP contribution in [0, 0.1) is 12.8 Å². The fraction of sp³-hybridized carbons (Fsp3) is 0.538. The molecule has 0 atom stereocenters. The molecule has 0 saturated heterocycles. The summed E-state index contributed by atoms with van der Waals surface area (Å²) in [6.07, 6.45) is 0.290. The minimum atomic E-state index is -0.179. The molecule has 0 saturated carbocycles. The van der Waals surface area contributed by atoms with E-state index >= 15 is 0 Å². The Kier molecular flexibility index (Phi) is 5.82. The van der Waals surface area contributed by atoms with Gasteiger partial charge in [0.1, 0.15) is 0 Å². The van der Waals surface area contributed by atoms with Gasteiger partial charge in [-0.15, -0.1) is 11.3 Å². The van der Waals surface area contributed by atoms with Gasteiger partial charge in [0.2, 0.25) is 5.91 Å². The quantitative estimate of drug-likeness (QED) is 0.740. The van der Waals surface area contributed by atoms with E-state index in [0.717, 1.165) is 4.88 Å². The molecule has 2 amide bonds. The lowest BCUT2D eigenvalue weighted by Crippen LogP contribution is -2.32. The first-order valence-corrected chi connectivity index (χ1v) is 7.12. The van der Waals surface area contributed by atoms with Crippen LogP contribution in [0.3, 0.4) is 0 Å². The third kappa shape index (κ3) is 5.30. The number of nitrogen functional groups attached to an aromatic ring is 1. The van der Waals surface area contributed by atoms with Crippen molar-refractivity contribution in [3.05, 3.63) is 15.8 Å². The van der Waals surface area contributed by atoms with Crippen LogP contribution in [0.25, 0.3) is 0 Å². The Morgan fingerprint density at radius 2 is 2.05 bits per heavy atom. The van der Waals surface area contributed by atoms with E-state index in [1.165, 1.54) is 11.3 Å². The summed E-state index contributed by atoms with van der Waals surface area (Å²) < 4.78 is 0. The van der Waals surface area contributed by atoms with Crippen molar-refractivity contribution >= 4 is 28.8 Å². The number of hydrogen-bond donors (Lipinski definition) is 3. The molecule has 0 radical (unpaired) electrons. The van der Waals surface area contributed by atoms with Gasteiger partial charge in [0.05, 0.1) is 4.88 Å². The molecule has 106 valence electrons. The molecule has 0 aromatic carbocycles. The van der Waals surface area contributed by atoms with Gasteiger partial charge in [0.25, 0.3) is 5.91 Å². The monoisotopic (exact) mass is 283 g/mol. The van der Waals surface area contributed by atoms with E-state index in [4.69, 9.17) is 5.73 Å². The van der Waals surface area contributed by atoms with Crippen LogP contribution in [0.15, 0.2) is 6.07 Å². The van der Waals surface area contributed by atoms with E-state index in [1.54, 1.807) is 6.07 Å². The van der Waals surface area contributed by atoms with Gasteiger partial charge in [0, 0.05) is 30.1 Å². The van der Waals surface area contributed by atoms with Crippen molar-refractivity contribution in [2.75, 3.05) is 18.8 Å². The van der Waals surface area contributed by atoms with Crippen LogP contribution in [0.5, 0.6) is 0 Å². The van der Waals surface area contributed by atoms with Gasteiger partial charge in [-0.05, 0) is 18.9 Å². The number of carbonyl (C=O) groups is 2. The highest BCUT2D eigenvalue weighted by molar-refractivity contribution is 7.14. The maximum absolute atomic E-state index is 11.8. The molecule has 0 aliphatic carbocycles. The van der Waals surface area contributed by atoms with E-state index in [1.807, 2.05) is 20.8 Å². The minimum absolute atomic E-state index is 0.0455. The number of anilines is 1. The predicted octanol–water partition coefficient (Wildman–Crippen LogP) is 1.53. The lowest BCUT2D eigenvalue weighted by atomic mass is 10.2. The third-order valence-electron chi connectivity index (χ3n) is 2.53. The Bertz CT molecular complexity index is 435. The fourth-order valence-electron chi connectivity index (χ4n) is 1.39. The number of rotatable bonds is 6. The van der Waals surface area contributed by atoms with Crippen LogP contribution in [0.2, 0.25) is 0 Å². The third-order valence-corrected chi connectivity index (χ3v) is 3.59. The van der Waals surface area contributed by atoms with E-state index in [-0.39, 0.29) is 18.2 Å². The Balaban J connectivity index is 2.29. The average molecular weight is 283 g/mol. The Morgan fingerprint density at radius 3 is 2.58 bits per heavy atom. The molecule has 5 nitrogen and oxygen atoms in total. The molecule has 1 rings (SSSR count). The number of carbonyl (C=O) groups excluding carboxylic acids is 2. The van der Waals surface area contributed by atoms with E-state index in [0.29, 0.717) is 29.6 Å². The molecule has 0 spiro atoms. The number of hydrogen-bond acceptors (Lipinski definition) is 4. The standard InChI is InChI=1S/C13H21N3O2S/c1-8(2)7-16-12(17)4-5-15-13(18)11-6-10(14)9(3)19-11/h6,8H,4-5,7,14H2,1-3H3,(H,15,18)(H,16,17). The molecule has 0 unspecified atom stereocenters. The Hall–Kier alpha value is -1.56.